The molecule has 9 rings (SSSR count). The summed E-state index contributed by atoms with van der Waals surface area (Å²) in [4.78, 5) is 178. The van der Waals surface area contributed by atoms with E-state index in [0.29, 0.717) is 55.0 Å². The Labute approximate surface area is 799 Å². The average molecular weight is 1940 g/mol. The van der Waals surface area contributed by atoms with Gasteiger partial charge in [0.1, 0.15) is 76.7 Å². The van der Waals surface area contributed by atoms with Crippen molar-refractivity contribution in [2.75, 3.05) is 69.3 Å². The third-order valence-electron chi connectivity index (χ3n) is 24.6. The molecule has 0 saturated carbocycles. The van der Waals surface area contributed by atoms with Gasteiger partial charge in [0.15, 0.2) is 17.3 Å². The first-order valence-electron chi connectivity index (χ1n) is 45.7. The molecule has 133 heavy (non-hydrogen) atoms. The van der Waals surface area contributed by atoms with E-state index in [1.165, 1.54) is 92.6 Å². The molecule has 32 nitrogen and oxygen atoms in total. The van der Waals surface area contributed by atoms with Crippen molar-refractivity contribution in [3.8, 4) is 11.5 Å². The summed E-state index contributed by atoms with van der Waals surface area (Å²) < 4.78 is 29.4. The summed E-state index contributed by atoms with van der Waals surface area (Å²) in [5.74, 6) is -8.81. The third kappa shape index (κ3) is 32.0. The molecule has 5 aliphatic rings. The summed E-state index contributed by atoms with van der Waals surface area (Å²) in [5.41, 5.74) is 8.53. The number of aliphatic hydroxyl groups is 3. The van der Waals surface area contributed by atoms with Gasteiger partial charge in [0.05, 0.1) is 49.6 Å². The van der Waals surface area contributed by atoms with Crippen LogP contribution in [-0.2, 0) is 97.4 Å². The van der Waals surface area contributed by atoms with Crippen LogP contribution in [0.3, 0.4) is 0 Å². The van der Waals surface area contributed by atoms with Gasteiger partial charge in [-0.1, -0.05) is 190 Å². The Bertz CT molecular complexity index is 4750. The molecule has 37 heteroatoms. The van der Waals surface area contributed by atoms with E-state index in [4.69, 9.17) is 41.0 Å². The predicted octanol–water partition coefficient (Wildman–Crippen LogP) is 8.70. The van der Waals surface area contributed by atoms with E-state index in [1.54, 1.807) is 43.3 Å². The van der Waals surface area contributed by atoms with Gasteiger partial charge in [0.2, 0.25) is 47.3 Å². The minimum absolute atomic E-state index is 0.0197. The number of ketones is 2. The maximum Gasteiger partial charge on any atom is 0.409 e. The maximum atomic E-state index is 15.5. The second-order valence-electron chi connectivity index (χ2n) is 34.9. The van der Waals surface area contributed by atoms with Crippen LogP contribution in [0.25, 0.3) is 5.57 Å². The number of phenols is 1. The minimum atomic E-state index is -1.91. The van der Waals surface area contributed by atoms with Crippen molar-refractivity contribution >= 4 is 137 Å². The number of esters is 1. The number of benzene rings is 4. The van der Waals surface area contributed by atoms with Gasteiger partial charge in [0.25, 0.3) is 0 Å². The number of likely N-dealkylation sites (N-methyl/N-ethyl adjacent to an activating group) is 1. The van der Waals surface area contributed by atoms with Gasteiger partial charge in [0, 0.05) is 88.7 Å². The first-order chi connectivity index (χ1) is 63.6. The number of hydrogen-bond donors (Lipinski definition) is 13. The lowest BCUT2D eigenvalue weighted by Gasteiger charge is -2.40. The number of anilines is 1. The molecule has 0 aromatic heterocycles. The lowest BCUT2D eigenvalue weighted by atomic mass is 9.90. The molecular weight excluding hydrogens is 1810 g/mol. The van der Waals surface area contributed by atoms with Gasteiger partial charge in [-0.15, -0.1) is 0 Å². The van der Waals surface area contributed by atoms with E-state index in [-0.39, 0.29) is 92.4 Å². The van der Waals surface area contributed by atoms with Crippen LogP contribution in [0.4, 0.5) is 10.5 Å². The Morgan fingerprint density at radius 2 is 1.50 bits per heavy atom. The number of alkyl carbamates (subject to hydrolysis) is 1. The molecule has 3 saturated heterocycles. The number of aromatic hydroxyl groups is 1. The number of unbranched alkanes of at least 4 members (excludes halogenated alkanes) is 6. The van der Waals surface area contributed by atoms with Crippen LogP contribution in [0.15, 0.2) is 121 Å². The molecule has 4 aromatic rings. The molecular formula is C96H132ClN11O21S4. The van der Waals surface area contributed by atoms with E-state index >= 15 is 19.2 Å². The molecule has 0 spiro atoms. The number of nitrogens with one attached hydrogen (secondary N) is 8. The zero-order valence-corrected chi connectivity index (χ0v) is 81.5. The highest BCUT2D eigenvalue weighted by atomic mass is 35.5. The van der Waals surface area contributed by atoms with Crippen LogP contribution in [-0.4, -0.2) is 257 Å². The van der Waals surface area contributed by atoms with Crippen molar-refractivity contribution in [3.63, 3.8) is 0 Å². The molecule has 4 aliphatic heterocycles. The average Bonchev–Trinajstić information content (AvgIpc) is 1.58. The first kappa shape index (κ1) is 108. The molecule has 0 radical (unpaired) electrons. The standard InChI is InChI=1S/C96H132ClN11O21S4/c1-11-12-13-14-15-23-42-99-71(47-61-27-17-16-18-28-61)89(118)102-73-55-132-133-56-74(103-92(121)86(60(5)110)105-88(117)70(31-21-22-41-98)100-90(119)72(50-65-37-36-64-29-19-20-30-69(64)65)101-87(116)66(51-77(73)113)46-62-34-38-67(111)39-35-62)91(120)104-85(59(4)109)76(112)32-25-43-130-131-44-40-82(114)107(7)58(3)93(122)128-80-53-83(115)108(8)75-48-63(49-78(125-9)84(75)97)45-57(2)26-24-33-79(126-10)96(124)54-68(127-94(123)106-96)52-81-95(80,6)129-81/h16-20,24,26-30,33-35,37-39,48-49,58-60,66,68,70-74,79-81,85-86,99,109-111,124H,11-15,21-23,25,31-32,36,40-47,50-56,98H2,1-10H3,(H,100,119)(H,101,116)(H,102,118)(H,103,121)(H,104,120)(H,105,117)(H,106,123)/b33-24+,57-26+/t58-,59+,60+,66+,68+,70-,71+,72+,73-,74-,79+,80-,81-,85-,86-,95-,96-/m0/s1. The first-order valence-corrected chi connectivity index (χ1v) is 51.0. The fourth-order valence-corrected chi connectivity index (χ4v) is 21.2. The van der Waals surface area contributed by atoms with E-state index in [0.717, 1.165) is 93.5 Å². The van der Waals surface area contributed by atoms with Gasteiger partial charge in [-0.25, -0.2) is 9.59 Å². The highest BCUT2D eigenvalue weighted by Gasteiger charge is 2.62. The second kappa shape index (κ2) is 52.9. The van der Waals surface area contributed by atoms with Gasteiger partial charge in [-0.2, -0.15) is 0 Å². The fourth-order valence-electron chi connectivity index (χ4n) is 16.4. The number of allylic oxidation sites excluding steroid dienone is 4. The highest BCUT2D eigenvalue weighted by molar-refractivity contribution is 8.77. The third-order valence-corrected chi connectivity index (χ3v) is 29.9. The normalized spacial score (nSPS) is 25.3. The molecule has 0 unspecified atom stereocenters. The summed E-state index contributed by atoms with van der Waals surface area (Å²) >= 11 is 6.88. The molecule has 4 heterocycles. The lowest BCUT2D eigenvalue weighted by Crippen LogP contribution is -2.62. The number of carbonyl (C=O) groups excluding carboxylic acids is 12. The Balaban J connectivity index is 0.889. The van der Waals surface area contributed by atoms with Crippen molar-refractivity contribution < 1.29 is 102 Å². The van der Waals surface area contributed by atoms with E-state index < -0.39 is 186 Å². The monoisotopic (exact) mass is 1940 g/mol. The van der Waals surface area contributed by atoms with Crippen molar-refractivity contribution in [1.29, 1.82) is 0 Å². The minimum Gasteiger partial charge on any atom is -0.508 e. The van der Waals surface area contributed by atoms with Gasteiger partial charge in [-0.05, 0) is 163 Å². The summed E-state index contributed by atoms with van der Waals surface area (Å²) in [5, 5.41) is 67.8. The quantitative estimate of drug-likeness (QED) is 0.00863. The van der Waals surface area contributed by atoms with Crippen molar-refractivity contribution in [2.24, 2.45) is 11.7 Å². The van der Waals surface area contributed by atoms with Crippen LogP contribution in [0, 0.1) is 5.92 Å². The van der Waals surface area contributed by atoms with Crippen LogP contribution < -0.4 is 57.9 Å². The van der Waals surface area contributed by atoms with E-state index in [2.05, 4.69) is 49.5 Å². The van der Waals surface area contributed by atoms with Gasteiger partial charge >= 0.3 is 12.1 Å². The van der Waals surface area contributed by atoms with Crippen LogP contribution >= 0.6 is 54.8 Å². The highest BCUT2D eigenvalue weighted by Crippen LogP contribution is 2.47. The number of nitrogens with zero attached hydrogens (tertiary/aromatic N) is 2. The number of phenolic OH excluding ortho intramolecular Hbond substituents is 1. The number of epoxide rings is 1. The Morgan fingerprint density at radius 1 is 0.797 bits per heavy atom. The number of ether oxygens (including phenoxy) is 5. The summed E-state index contributed by atoms with van der Waals surface area (Å²) in [6.45, 7) is 10.4. The summed E-state index contributed by atoms with van der Waals surface area (Å²) in [7, 11) is 10.5. The zero-order chi connectivity index (χ0) is 96.6. The lowest BCUT2D eigenvalue weighted by molar-refractivity contribution is -0.162. The van der Waals surface area contributed by atoms with E-state index in [9.17, 15) is 58.8 Å². The molecule has 9 amide bonds. The Hall–Kier alpha value is -9.05. The molecule has 14 N–H and O–H groups in total. The Kier molecular flexibility index (Phi) is 42.8. The summed E-state index contributed by atoms with van der Waals surface area (Å²) in [6, 6.07) is 15.5. The molecule has 728 valence electrons. The SMILES string of the molecule is CCCCCCCCN[C@H](Cc1ccccc1)C(=O)N[C@H]1CSSC[C@@H](C(=O)N[C@H](C(=O)CCCSSCCC(=O)N(C)[C@@H](C)C(=O)O[C@H]2CC(=O)N(C)c3cc(cc(OC)c3Cl)C/C(C)=C/C=C/[C@@H](OC)[C@@]3(O)C[C@@H](C[C@@H]4O[C@@]24C)OC(=O)N3)[C@@H](C)O)NC(=O)[C@H]([C@@H](C)O)NC(=O)[C@H](CCCCN)NC(=O)[C@@H](CC2=CCc3ccccc32)NC(=O)[C@H](Cc2ccc(O)cc2)CC1=O. The number of amides is 9. The predicted molar refractivity (Wildman–Crippen MR) is 516 cm³/mol. The topological polar surface area (TPSA) is 464 Å². The van der Waals surface area contributed by atoms with Crippen molar-refractivity contribution in [1.82, 2.24) is 47.4 Å². The van der Waals surface area contributed by atoms with Crippen molar-refractivity contribution in [3.05, 3.63) is 154 Å². The van der Waals surface area contributed by atoms with Gasteiger partial charge < -0.3 is 96.9 Å². The fraction of sp³-hybridized carbons (Fsp3) is 0.562. The molecule has 17 atom stereocenters. The molecule has 4 aromatic carbocycles. The number of hydrogen-bond acceptors (Lipinski definition) is 27. The number of nitrogens with two attached hydrogens (primary N) is 1. The number of methoxy groups -OCH3 is 2. The number of aliphatic hydroxyl groups excluding tert-OH is 2. The molecule has 4 bridgehead atoms. The zero-order valence-electron chi connectivity index (χ0n) is 77.4. The van der Waals surface area contributed by atoms with Crippen molar-refractivity contribution in [2.45, 2.75) is 273 Å². The maximum absolute atomic E-state index is 15.5. The van der Waals surface area contributed by atoms with E-state index in [1.807, 2.05) is 73.7 Å². The van der Waals surface area contributed by atoms with Crippen LogP contribution in [0.1, 0.15) is 179 Å². The van der Waals surface area contributed by atoms with Crippen LogP contribution in [0.2, 0.25) is 5.02 Å². The second-order valence-corrected chi connectivity index (χ2v) is 40.6. The number of rotatable bonds is 38. The number of carbonyl (C=O) groups is 12. The van der Waals surface area contributed by atoms with Crippen LogP contribution in [0.5, 0.6) is 11.5 Å². The molecule has 3 fully saturated rings. The number of fused-ring (bicyclic) bond motifs is 6. The number of halogens is 1. The van der Waals surface area contributed by atoms with Gasteiger partial charge in [-0.3, -0.25) is 53.3 Å². The Morgan fingerprint density at radius 3 is 2.21 bits per heavy atom. The largest absolute Gasteiger partial charge is 0.508 e. The smallest absolute Gasteiger partial charge is 0.409 e. The number of Topliss-reactive ketones (excluding diaryl/α,β-unsaturated/α-hetero) is 2. The molecule has 1 aliphatic carbocycles. The summed E-state index contributed by atoms with van der Waals surface area (Å²) in [6.07, 6.45) is 5.68.